The maximum Gasteiger partial charge on any atom is 0.231 e. The fourth-order valence-corrected chi connectivity index (χ4v) is 3.93. The molecular weight excluding hydrogens is 315 g/mol. The predicted molar refractivity (Wildman–Crippen MR) is 98.6 cm³/mol. The quantitative estimate of drug-likeness (QED) is 0.737. The van der Waals surface area contributed by atoms with Crippen LogP contribution in [0.2, 0.25) is 0 Å². The molecule has 2 aromatic carbocycles. The van der Waals surface area contributed by atoms with E-state index < -0.39 is 0 Å². The summed E-state index contributed by atoms with van der Waals surface area (Å²) in [7, 11) is 0. The Morgan fingerprint density at radius 1 is 1.24 bits per heavy atom. The molecule has 1 N–H and O–H groups in total. The lowest BCUT2D eigenvalue weighted by atomic mass is 9.97. The lowest BCUT2D eigenvalue weighted by molar-refractivity contribution is -0.118. The first-order chi connectivity index (χ1) is 12.0. The Morgan fingerprint density at radius 2 is 2.08 bits per heavy atom. The van der Waals surface area contributed by atoms with E-state index in [0.29, 0.717) is 0 Å². The van der Waals surface area contributed by atoms with Gasteiger partial charge in [-0.05, 0) is 61.6 Å². The van der Waals surface area contributed by atoms with Crippen LogP contribution < -0.4 is 4.90 Å². The van der Waals surface area contributed by atoms with Gasteiger partial charge in [0.15, 0.2) is 0 Å². The molecule has 1 amide bonds. The average molecular weight is 336 g/mol. The number of carbonyl (C=O) groups excluding carboxylic acids is 1. The third-order valence-corrected chi connectivity index (χ3v) is 5.13. The van der Waals surface area contributed by atoms with Crippen LogP contribution in [0.1, 0.15) is 28.8 Å². The zero-order valence-electron chi connectivity index (χ0n) is 14.5. The summed E-state index contributed by atoms with van der Waals surface area (Å²) in [5, 5.41) is 0.799. The Labute approximate surface area is 146 Å². The molecule has 0 bridgehead atoms. The summed E-state index contributed by atoms with van der Waals surface area (Å²) in [6.45, 7) is 4.74. The summed E-state index contributed by atoms with van der Waals surface area (Å²) >= 11 is 0. The second-order valence-corrected chi connectivity index (χ2v) is 6.83. The van der Waals surface area contributed by atoms with Crippen molar-refractivity contribution in [3.8, 4) is 0 Å². The molecule has 1 aliphatic rings. The first-order valence-electron chi connectivity index (χ1n) is 8.70. The molecule has 0 radical (unpaired) electrons. The normalized spacial score (nSPS) is 14.0. The van der Waals surface area contributed by atoms with E-state index in [1.54, 1.807) is 6.07 Å². The molecule has 2 heterocycles. The van der Waals surface area contributed by atoms with Crippen molar-refractivity contribution in [1.82, 2.24) is 4.98 Å². The maximum absolute atomic E-state index is 13.7. The number of hydrogen-bond acceptors (Lipinski definition) is 1. The number of anilines is 1. The number of aromatic amines is 1. The Balaban J connectivity index is 1.71. The van der Waals surface area contributed by atoms with Gasteiger partial charge in [-0.1, -0.05) is 18.2 Å². The molecule has 0 saturated heterocycles. The lowest BCUT2D eigenvalue weighted by Crippen LogP contribution is -2.37. The third kappa shape index (κ3) is 2.72. The van der Waals surface area contributed by atoms with Gasteiger partial charge in [-0.3, -0.25) is 4.79 Å². The van der Waals surface area contributed by atoms with Crippen molar-refractivity contribution in [3.05, 3.63) is 64.6 Å². The van der Waals surface area contributed by atoms with Gasteiger partial charge in [0.1, 0.15) is 5.82 Å². The van der Waals surface area contributed by atoms with Crippen molar-refractivity contribution < 1.29 is 9.18 Å². The standard InChI is InChI=1S/C21H21FN2O/c1-13-5-3-6-15-7-4-10-24(21(13)15)20(25)12-17-14(2)23-19-9-8-16(22)11-18(17)19/h3,5-6,8-9,11,23H,4,7,10,12H2,1-2H3. The van der Waals surface area contributed by atoms with E-state index in [0.717, 1.165) is 52.8 Å². The number of benzene rings is 2. The summed E-state index contributed by atoms with van der Waals surface area (Å²) in [4.78, 5) is 18.2. The van der Waals surface area contributed by atoms with Crippen molar-refractivity contribution in [3.63, 3.8) is 0 Å². The van der Waals surface area contributed by atoms with Crippen LogP contribution in [0.15, 0.2) is 36.4 Å². The Kier molecular flexibility index (Phi) is 3.83. The third-order valence-electron chi connectivity index (χ3n) is 5.13. The molecule has 128 valence electrons. The number of aromatic nitrogens is 1. The number of halogens is 1. The number of nitrogens with one attached hydrogen (secondary N) is 1. The van der Waals surface area contributed by atoms with Gasteiger partial charge in [0.05, 0.1) is 6.42 Å². The number of rotatable bonds is 2. The largest absolute Gasteiger partial charge is 0.358 e. The van der Waals surface area contributed by atoms with E-state index in [1.165, 1.54) is 17.7 Å². The van der Waals surface area contributed by atoms with E-state index in [1.807, 2.05) is 11.8 Å². The summed E-state index contributed by atoms with van der Waals surface area (Å²) in [5.74, 6) is -0.206. The van der Waals surface area contributed by atoms with Crippen molar-refractivity contribution in [2.45, 2.75) is 33.1 Å². The molecule has 1 aromatic heterocycles. The van der Waals surface area contributed by atoms with Crippen molar-refractivity contribution in [1.29, 1.82) is 0 Å². The molecule has 0 aliphatic carbocycles. The number of fused-ring (bicyclic) bond motifs is 2. The molecule has 25 heavy (non-hydrogen) atoms. The van der Waals surface area contributed by atoms with E-state index in [-0.39, 0.29) is 18.1 Å². The second-order valence-electron chi connectivity index (χ2n) is 6.83. The van der Waals surface area contributed by atoms with Crippen molar-refractivity contribution in [2.75, 3.05) is 11.4 Å². The van der Waals surface area contributed by atoms with Gasteiger partial charge in [0.2, 0.25) is 5.91 Å². The molecular formula is C21H21FN2O. The summed E-state index contributed by atoms with van der Waals surface area (Å²) in [6.07, 6.45) is 2.27. The number of carbonyl (C=O) groups is 1. The monoisotopic (exact) mass is 336 g/mol. The van der Waals surface area contributed by atoms with Crippen LogP contribution in [-0.4, -0.2) is 17.4 Å². The number of amides is 1. The second kappa shape index (κ2) is 6.03. The molecule has 1 aliphatic heterocycles. The molecule has 0 saturated carbocycles. The number of nitrogens with zero attached hydrogens (tertiary/aromatic N) is 1. The Bertz CT molecular complexity index is 973. The number of H-pyrrole nitrogens is 1. The van der Waals surface area contributed by atoms with Gasteiger partial charge in [-0.2, -0.15) is 0 Å². The van der Waals surface area contributed by atoms with Crippen LogP contribution in [0.25, 0.3) is 10.9 Å². The van der Waals surface area contributed by atoms with Crippen LogP contribution in [0.4, 0.5) is 10.1 Å². The van der Waals surface area contributed by atoms with Crippen LogP contribution in [0.5, 0.6) is 0 Å². The van der Waals surface area contributed by atoms with E-state index in [4.69, 9.17) is 0 Å². The minimum atomic E-state index is -0.278. The minimum Gasteiger partial charge on any atom is -0.358 e. The molecule has 0 unspecified atom stereocenters. The highest BCUT2D eigenvalue weighted by Crippen LogP contribution is 2.32. The SMILES string of the molecule is Cc1cccc2c1N(C(=O)Cc1c(C)[nH]c3ccc(F)cc13)CCC2. The lowest BCUT2D eigenvalue weighted by Gasteiger charge is -2.31. The zero-order chi connectivity index (χ0) is 17.6. The molecule has 0 fully saturated rings. The fraction of sp³-hybridized carbons (Fsp3) is 0.286. The molecule has 4 heteroatoms. The number of aryl methyl sites for hydroxylation is 3. The van der Waals surface area contributed by atoms with Crippen LogP contribution >= 0.6 is 0 Å². The number of para-hydroxylation sites is 1. The number of hydrogen-bond donors (Lipinski definition) is 1. The van der Waals surface area contributed by atoms with Crippen LogP contribution in [0.3, 0.4) is 0 Å². The van der Waals surface area contributed by atoms with Gasteiger partial charge in [-0.15, -0.1) is 0 Å². The van der Waals surface area contributed by atoms with Gasteiger partial charge < -0.3 is 9.88 Å². The smallest absolute Gasteiger partial charge is 0.231 e. The van der Waals surface area contributed by atoms with Crippen molar-refractivity contribution >= 4 is 22.5 Å². The van der Waals surface area contributed by atoms with Gasteiger partial charge >= 0.3 is 0 Å². The van der Waals surface area contributed by atoms with E-state index in [9.17, 15) is 9.18 Å². The summed E-state index contributed by atoms with van der Waals surface area (Å²) in [6, 6.07) is 10.9. The van der Waals surface area contributed by atoms with Crippen LogP contribution in [-0.2, 0) is 17.6 Å². The zero-order valence-corrected chi connectivity index (χ0v) is 14.5. The predicted octanol–water partition coefficient (Wildman–Crippen LogP) is 4.45. The molecule has 3 nitrogen and oxygen atoms in total. The highest BCUT2D eigenvalue weighted by atomic mass is 19.1. The highest BCUT2D eigenvalue weighted by Gasteiger charge is 2.25. The Hall–Kier alpha value is -2.62. The summed E-state index contributed by atoms with van der Waals surface area (Å²) < 4.78 is 13.7. The highest BCUT2D eigenvalue weighted by molar-refractivity contribution is 5.99. The first-order valence-corrected chi connectivity index (χ1v) is 8.70. The van der Waals surface area contributed by atoms with E-state index in [2.05, 4.69) is 30.1 Å². The minimum absolute atomic E-state index is 0.0727. The van der Waals surface area contributed by atoms with Gasteiger partial charge in [-0.25, -0.2) is 4.39 Å². The summed E-state index contributed by atoms with van der Waals surface area (Å²) in [5.41, 5.74) is 6.11. The van der Waals surface area contributed by atoms with Gasteiger partial charge in [0, 0.05) is 28.8 Å². The Morgan fingerprint density at radius 3 is 2.92 bits per heavy atom. The molecule has 3 aromatic rings. The van der Waals surface area contributed by atoms with Gasteiger partial charge in [0.25, 0.3) is 0 Å². The first kappa shape index (κ1) is 15.9. The molecule has 0 atom stereocenters. The van der Waals surface area contributed by atoms with Crippen molar-refractivity contribution in [2.24, 2.45) is 0 Å². The molecule has 4 rings (SSSR count). The fourth-order valence-electron chi connectivity index (χ4n) is 3.93. The molecule has 0 spiro atoms. The van der Waals surface area contributed by atoms with E-state index >= 15 is 0 Å². The topological polar surface area (TPSA) is 36.1 Å². The maximum atomic E-state index is 13.7. The average Bonchev–Trinajstić information content (AvgIpc) is 2.90. The van der Waals surface area contributed by atoms with Crippen LogP contribution in [0, 0.1) is 19.7 Å².